The Morgan fingerprint density at radius 2 is 2.00 bits per heavy atom. The Bertz CT molecular complexity index is 766. The Kier molecular flexibility index (Phi) is 5.99. The summed E-state index contributed by atoms with van der Waals surface area (Å²) < 4.78 is 1.89. The van der Waals surface area contributed by atoms with E-state index in [1.54, 1.807) is 0 Å². The average molecular weight is 351 g/mol. The summed E-state index contributed by atoms with van der Waals surface area (Å²) in [6.07, 6.45) is 6.32. The molecule has 0 spiro atoms. The zero-order chi connectivity index (χ0) is 14.1. The molecule has 3 aromatic rings. The first-order valence-corrected chi connectivity index (χ1v) is 7.52. The molecule has 1 fully saturated rings. The largest absolute Gasteiger partial charge is 0.316 e. The number of nitrogens with zero attached hydrogens (tertiary/aromatic N) is 3. The zero-order valence-corrected chi connectivity index (χ0v) is 14.3. The Morgan fingerprint density at radius 1 is 1.09 bits per heavy atom. The summed E-state index contributed by atoms with van der Waals surface area (Å²) in [6, 6.07) is 12.4. The number of halogens is 2. The number of pyridine rings is 2. The average Bonchev–Trinajstić information content (AvgIpc) is 3.00. The number of fused-ring (bicyclic) bond motifs is 1. The van der Waals surface area contributed by atoms with Crippen LogP contribution in [-0.4, -0.2) is 27.7 Å². The molecule has 1 saturated heterocycles. The van der Waals surface area contributed by atoms with Crippen molar-refractivity contribution in [2.24, 2.45) is 0 Å². The van der Waals surface area contributed by atoms with Crippen molar-refractivity contribution in [2.75, 3.05) is 13.1 Å². The predicted molar refractivity (Wildman–Crippen MR) is 97.8 cm³/mol. The fraction of sp³-hybridized carbons (Fsp3) is 0.294. The van der Waals surface area contributed by atoms with Crippen molar-refractivity contribution >= 4 is 30.3 Å². The Labute approximate surface area is 148 Å². The smallest absolute Gasteiger partial charge is 0.0755 e. The van der Waals surface area contributed by atoms with Crippen molar-refractivity contribution in [1.82, 2.24) is 19.9 Å². The van der Waals surface area contributed by atoms with Gasteiger partial charge in [-0.3, -0.25) is 4.98 Å². The summed E-state index contributed by atoms with van der Waals surface area (Å²) in [5.74, 6) is 0.528. The van der Waals surface area contributed by atoms with Crippen LogP contribution in [0.15, 0.2) is 48.8 Å². The maximum Gasteiger partial charge on any atom is 0.0755 e. The van der Waals surface area contributed by atoms with Gasteiger partial charge in [-0.05, 0) is 43.7 Å². The number of hydrogen-bond acceptors (Lipinski definition) is 3. The number of piperidine rings is 1. The highest BCUT2D eigenvalue weighted by molar-refractivity contribution is 5.85. The van der Waals surface area contributed by atoms with Crippen LogP contribution < -0.4 is 5.32 Å². The summed E-state index contributed by atoms with van der Waals surface area (Å²) in [5.41, 5.74) is 4.40. The van der Waals surface area contributed by atoms with Crippen LogP contribution in [-0.2, 0) is 0 Å². The minimum atomic E-state index is 0. The predicted octanol–water partition coefficient (Wildman–Crippen LogP) is 3.71. The van der Waals surface area contributed by atoms with Crippen LogP contribution in [0.5, 0.6) is 0 Å². The van der Waals surface area contributed by atoms with E-state index in [1.165, 1.54) is 18.5 Å². The molecule has 0 amide bonds. The van der Waals surface area contributed by atoms with Gasteiger partial charge in [-0.15, -0.1) is 24.8 Å². The van der Waals surface area contributed by atoms with Crippen molar-refractivity contribution in [2.45, 2.75) is 18.8 Å². The molecular weight excluding hydrogens is 331 g/mol. The lowest BCUT2D eigenvalue weighted by atomic mass is 9.95. The lowest BCUT2D eigenvalue weighted by molar-refractivity contribution is 0.455. The standard InChI is InChI=1S/C17H18N4.2ClH/c1-2-10-21-17(8-1)14(12-19-21)16-7-3-6-15(20-16)13-5-4-9-18-11-13;;/h1-3,6-8,10,12-13,18H,4-5,9,11H2;2*1H. The number of rotatable bonds is 2. The summed E-state index contributed by atoms with van der Waals surface area (Å²) >= 11 is 0. The van der Waals surface area contributed by atoms with Gasteiger partial charge < -0.3 is 5.32 Å². The molecule has 0 aliphatic carbocycles. The van der Waals surface area contributed by atoms with Gasteiger partial charge in [0.1, 0.15) is 0 Å². The third kappa shape index (κ3) is 3.50. The van der Waals surface area contributed by atoms with Gasteiger partial charge in [-0.25, -0.2) is 4.52 Å². The molecule has 0 aromatic carbocycles. The maximum atomic E-state index is 4.90. The van der Waals surface area contributed by atoms with E-state index in [4.69, 9.17) is 4.98 Å². The highest BCUT2D eigenvalue weighted by Gasteiger charge is 2.17. The van der Waals surface area contributed by atoms with Gasteiger partial charge >= 0.3 is 0 Å². The molecule has 1 N–H and O–H groups in total. The van der Waals surface area contributed by atoms with Crippen molar-refractivity contribution < 1.29 is 0 Å². The molecule has 122 valence electrons. The third-order valence-corrected chi connectivity index (χ3v) is 4.19. The minimum Gasteiger partial charge on any atom is -0.316 e. The fourth-order valence-electron chi connectivity index (χ4n) is 3.06. The van der Waals surface area contributed by atoms with Gasteiger partial charge in [0.05, 0.1) is 17.4 Å². The molecule has 3 aromatic heterocycles. The highest BCUT2D eigenvalue weighted by atomic mass is 35.5. The molecule has 23 heavy (non-hydrogen) atoms. The Hall–Kier alpha value is -1.62. The summed E-state index contributed by atoms with van der Waals surface area (Å²) in [6.45, 7) is 2.16. The van der Waals surface area contributed by atoms with Gasteiger partial charge in [0.15, 0.2) is 0 Å². The van der Waals surface area contributed by atoms with Crippen LogP contribution in [0.2, 0.25) is 0 Å². The molecule has 1 atom stereocenters. The van der Waals surface area contributed by atoms with Crippen LogP contribution in [0.25, 0.3) is 16.8 Å². The monoisotopic (exact) mass is 350 g/mol. The highest BCUT2D eigenvalue weighted by Crippen LogP contribution is 2.26. The van der Waals surface area contributed by atoms with E-state index in [9.17, 15) is 0 Å². The van der Waals surface area contributed by atoms with Crippen molar-refractivity contribution in [3.05, 3.63) is 54.5 Å². The summed E-state index contributed by atoms with van der Waals surface area (Å²) in [7, 11) is 0. The first kappa shape index (κ1) is 17.7. The molecule has 6 heteroatoms. The Balaban J connectivity index is 0.000000960. The lowest BCUT2D eigenvalue weighted by Crippen LogP contribution is -2.28. The first-order chi connectivity index (χ1) is 10.4. The number of nitrogens with one attached hydrogen (secondary N) is 1. The molecule has 0 radical (unpaired) electrons. The molecule has 0 saturated carbocycles. The van der Waals surface area contributed by atoms with Crippen LogP contribution in [0.4, 0.5) is 0 Å². The van der Waals surface area contributed by atoms with Crippen LogP contribution in [0.1, 0.15) is 24.5 Å². The second-order valence-electron chi connectivity index (χ2n) is 5.58. The molecule has 4 heterocycles. The molecule has 1 aliphatic heterocycles. The quantitative estimate of drug-likeness (QED) is 0.765. The number of aromatic nitrogens is 3. The van der Waals surface area contributed by atoms with E-state index in [0.29, 0.717) is 5.92 Å². The maximum absolute atomic E-state index is 4.90. The van der Waals surface area contributed by atoms with Gasteiger partial charge in [0, 0.05) is 29.9 Å². The molecular formula is C17H20Cl2N4. The lowest BCUT2D eigenvalue weighted by Gasteiger charge is -2.22. The Morgan fingerprint density at radius 3 is 2.83 bits per heavy atom. The van der Waals surface area contributed by atoms with Gasteiger partial charge in [0.25, 0.3) is 0 Å². The third-order valence-electron chi connectivity index (χ3n) is 4.19. The van der Waals surface area contributed by atoms with E-state index in [0.717, 1.165) is 29.9 Å². The second kappa shape index (κ2) is 7.77. The first-order valence-electron chi connectivity index (χ1n) is 7.52. The molecule has 0 bridgehead atoms. The summed E-state index contributed by atoms with van der Waals surface area (Å²) in [4.78, 5) is 4.90. The van der Waals surface area contributed by atoms with Crippen LogP contribution in [0, 0.1) is 0 Å². The van der Waals surface area contributed by atoms with Crippen molar-refractivity contribution in [3.8, 4) is 11.3 Å². The summed E-state index contributed by atoms with van der Waals surface area (Å²) in [5, 5.41) is 7.86. The van der Waals surface area contributed by atoms with Crippen molar-refractivity contribution in [1.29, 1.82) is 0 Å². The SMILES string of the molecule is Cl.Cl.c1cc(-c2cnn3ccccc23)nc(C2CCCNC2)c1. The van der Waals surface area contributed by atoms with E-state index in [1.807, 2.05) is 29.0 Å². The van der Waals surface area contributed by atoms with E-state index in [2.05, 4.69) is 34.7 Å². The topological polar surface area (TPSA) is 42.2 Å². The van der Waals surface area contributed by atoms with Crippen molar-refractivity contribution in [3.63, 3.8) is 0 Å². The van der Waals surface area contributed by atoms with E-state index in [-0.39, 0.29) is 24.8 Å². The second-order valence-corrected chi connectivity index (χ2v) is 5.58. The van der Waals surface area contributed by atoms with Crippen LogP contribution >= 0.6 is 24.8 Å². The molecule has 1 aliphatic rings. The molecule has 4 rings (SSSR count). The minimum absolute atomic E-state index is 0. The van der Waals surface area contributed by atoms with E-state index < -0.39 is 0 Å². The molecule has 1 unspecified atom stereocenters. The fourth-order valence-corrected chi connectivity index (χ4v) is 3.06. The number of hydrogen-bond donors (Lipinski definition) is 1. The van der Waals surface area contributed by atoms with E-state index >= 15 is 0 Å². The zero-order valence-electron chi connectivity index (χ0n) is 12.7. The van der Waals surface area contributed by atoms with Crippen LogP contribution in [0.3, 0.4) is 0 Å². The molecule has 4 nitrogen and oxygen atoms in total. The normalized spacial score (nSPS) is 17.3. The van der Waals surface area contributed by atoms with Gasteiger partial charge in [-0.2, -0.15) is 5.10 Å². The van der Waals surface area contributed by atoms with Gasteiger partial charge in [-0.1, -0.05) is 12.1 Å². The van der Waals surface area contributed by atoms with Gasteiger partial charge in [0.2, 0.25) is 0 Å².